The highest BCUT2D eigenvalue weighted by atomic mass is 79.9. The number of nitrogens with zero attached hydrogens (tertiary/aromatic N) is 1. The third-order valence-electron chi connectivity index (χ3n) is 30.0. The maximum atomic E-state index is 6.72. The Bertz CT molecular complexity index is 4480. The van der Waals surface area contributed by atoms with Crippen LogP contribution in [-0.4, -0.2) is 73.3 Å². The largest absolute Gasteiger partial charge is 0.495 e. The van der Waals surface area contributed by atoms with Crippen LogP contribution in [0.4, 0.5) is 17.1 Å². The first kappa shape index (κ1) is 94.1. The fourth-order valence-electron chi connectivity index (χ4n) is 18.7. The van der Waals surface area contributed by atoms with Gasteiger partial charge in [-0.1, -0.05) is 247 Å². The van der Waals surface area contributed by atoms with Crippen molar-refractivity contribution < 1.29 is 37.2 Å². The Kier molecular flexibility index (Phi) is 30.5. The molecule has 3 aliphatic carbocycles. The van der Waals surface area contributed by atoms with Gasteiger partial charge in [-0.25, -0.2) is 0 Å². The van der Waals surface area contributed by atoms with Gasteiger partial charge in [-0.15, -0.1) is 0 Å². The molecule has 1 atom stereocenters. The topological polar surface area (TPSA) is 77.1 Å². The molecule has 9 nitrogen and oxygen atoms in total. The van der Waals surface area contributed by atoms with Crippen LogP contribution in [0.3, 0.4) is 0 Å². The second kappa shape index (κ2) is 39.6. The maximum Gasteiger partial charge on any atom is 0.495 e. The molecule has 0 bridgehead atoms. The zero-order valence-electron chi connectivity index (χ0n) is 78.4. The van der Waals surface area contributed by atoms with Crippen LogP contribution in [0, 0.1) is 0 Å². The molecule has 1 unspecified atom stereocenters. The second-order valence-corrected chi connectivity index (χ2v) is 42.7. The number of aryl methyl sites for hydroxylation is 8. The molecule has 15 rings (SSSR count). The van der Waals surface area contributed by atoms with E-state index in [0.29, 0.717) is 5.92 Å². The number of halogens is 2. The maximum absolute atomic E-state index is 6.72. The minimum Gasteiger partial charge on any atom is -0.399 e. The molecule has 0 spiro atoms. The van der Waals surface area contributed by atoms with Gasteiger partial charge < -0.3 is 42.1 Å². The van der Waals surface area contributed by atoms with E-state index in [2.05, 4.69) is 333 Å². The molecule has 0 amide bonds. The van der Waals surface area contributed by atoms with E-state index in [1.165, 1.54) is 200 Å². The number of unbranched alkanes of at least 4 members (excludes halogenated alkanes) is 14. The third-order valence-corrected chi connectivity index (χ3v) is 31.0. The molecule has 4 fully saturated rings. The van der Waals surface area contributed by atoms with Crippen LogP contribution < -0.4 is 26.8 Å². The molecule has 7 aliphatic rings. The summed E-state index contributed by atoms with van der Waals surface area (Å²) in [5.41, 5.74) is 23.9. The molecule has 4 aliphatic heterocycles. The minimum absolute atomic E-state index is 0.174. The highest BCUT2D eigenvalue weighted by Crippen LogP contribution is 2.56. The fraction of sp³-hybridized carbons (Fsp3) is 0.551. The van der Waals surface area contributed by atoms with E-state index in [1.807, 2.05) is 0 Å². The Balaban J connectivity index is 0.000000162. The molecular weight excluding hydrogens is 1630 g/mol. The summed E-state index contributed by atoms with van der Waals surface area (Å²) >= 11 is 7.57. The second-order valence-electron chi connectivity index (χ2n) is 40.8. The highest BCUT2D eigenvalue weighted by molar-refractivity contribution is 9.10. The summed E-state index contributed by atoms with van der Waals surface area (Å²) in [6.07, 6.45) is 36.4. The zero-order valence-corrected chi connectivity index (χ0v) is 81.5. The van der Waals surface area contributed by atoms with Crippen LogP contribution in [0.25, 0.3) is 11.1 Å². The van der Waals surface area contributed by atoms with Crippen LogP contribution in [0.1, 0.15) is 340 Å². The van der Waals surface area contributed by atoms with E-state index >= 15 is 0 Å². The standard InChI is InChI=1S/C44H60B2O4.C34H45B2NO4.C29H40Br2/c1-41(2)42(3,4)48-45(47-41)39-29-38(18-14-10-12-16-32-20-22-34-24-26-36(34)28-32)40(46-49-43(5,6)44(7,8)50-46)30-37(39)17-13-9-11-15-31-19-21-33-23-25-35(33)27-31;1-11-24(2)25-12-18-28(19-13-25)37(29-20-14-26(15-21-29)35-38-31(3,4)32(5,6)39-35)30-22-16-27(17-23-30)36-40-33(7,8)34(9,10)41-36;1-3-5-7-9-11-13-19-29(20-14-12-10-8-6-4-2)27-21-23(30)15-17-25(27)26-18-16-24(31)22-28(26)29/h19-22,27-30H,9-18,23-26H2,1-8H3;12-24H,11H2,1-10H3;15-18,21-22H,3-14,19-20H2,1-2H3. The summed E-state index contributed by atoms with van der Waals surface area (Å²) in [6.45, 7) is 43.0. The third kappa shape index (κ3) is 21.4. The van der Waals surface area contributed by atoms with Gasteiger partial charge in [-0.05, 0) is 368 Å². The van der Waals surface area contributed by atoms with E-state index in [9.17, 15) is 0 Å². The average Bonchev–Trinajstić information content (AvgIpc) is 1.56. The van der Waals surface area contributed by atoms with E-state index in [1.54, 1.807) is 33.4 Å². The van der Waals surface area contributed by atoms with Crippen molar-refractivity contribution in [1.29, 1.82) is 0 Å². The Morgan fingerprint density at radius 2 is 0.631 bits per heavy atom. The molecule has 0 N–H and O–H groups in total. The number of hydrogen-bond donors (Lipinski definition) is 0. The van der Waals surface area contributed by atoms with Gasteiger partial charge in [0.05, 0.1) is 44.8 Å². The van der Waals surface area contributed by atoms with Crippen molar-refractivity contribution in [3.8, 4) is 11.1 Å². The lowest BCUT2D eigenvalue weighted by Gasteiger charge is -2.33. The van der Waals surface area contributed by atoms with Gasteiger partial charge in [-0.3, -0.25) is 0 Å². The Morgan fingerprint density at radius 1 is 0.320 bits per heavy atom. The van der Waals surface area contributed by atoms with E-state index in [0.717, 1.165) is 72.9 Å². The summed E-state index contributed by atoms with van der Waals surface area (Å²) in [5.74, 6) is 0.524. The van der Waals surface area contributed by atoms with Crippen molar-refractivity contribution in [2.24, 2.45) is 0 Å². The van der Waals surface area contributed by atoms with E-state index in [4.69, 9.17) is 37.2 Å². The number of hydrogen-bond acceptors (Lipinski definition) is 9. The van der Waals surface area contributed by atoms with Gasteiger partial charge in [0, 0.05) is 31.4 Å². The van der Waals surface area contributed by atoms with Crippen molar-refractivity contribution in [3.63, 3.8) is 0 Å². The summed E-state index contributed by atoms with van der Waals surface area (Å²) in [4.78, 5) is 2.28. The van der Waals surface area contributed by atoms with Gasteiger partial charge in [0.1, 0.15) is 0 Å². The molecular formula is C107H145B4Br2NO8. The quantitative estimate of drug-likeness (QED) is 0.0285. The minimum atomic E-state index is -0.394. The number of rotatable bonds is 35. The normalized spacial score (nSPS) is 19.2. The lowest BCUT2D eigenvalue weighted by atomic mass is 9.67. The van der Waals surface area contributed by atoms with Crippen LogP contribution in [-0.2, 0) is 94.0 Å². The number of fused-ring (bicyclic) bond motifs is 5. The molecule has 0 aromatic heterocycles. The van der Waals surface area contributed by atoms with Crippen molar-refractivity contribution in [1.82, 2.24) is 0 Å². The van der Waals surface area contributed by atoms with Gasteiger partial charge in [-0.2, -0.15) is 0 Å². The summed E-state index contributed by atoms with van der Waals surface area (Å²) in [6, 6.07) is 59.0. The lowest BCUT2D eigenvalue weighted by Crippen LogP contribution is -2.43. The molecule has 4 heterocycles. The van der Waals surface area contributed by atoms with Crippen molar-refractivity contribution in [2.75, 3.05) is 4.90 Å². The van der Waals surface area contributed by atoms with Crippen LogP contribution in [0.15, 0.2) is 167 Å². The first-order valence-corrected chi connectivity index (χ1v) is 49.1. The summed E-state index contributed by atoms with van der Waals surface area (Å²) in [5, 5.41) is 0. The van der Waals surface area contributed by atoms with Crippen LogP contribution >= 0.6 is 31.9 Å². The Hall–Kier alpha value is -5.54. The molecule has 15 heteroatoms. The SMILES string of the molecule is CC1(C)OB(c2cc(CCCCCc3ccc4c(c3)CC4)c(B3OC(C)(C)C(C)(C)O3)cc2CCCCCc2ccc3c(c2)CC3)OC1(C)C.CCC(C)c1ccc(N(c2ccc(B3OC(C)(C)C(C)(C)O3)cc2)c2ccc(B3OC(C)(C)C(C)(C)O3)cc2)cc1.CCCCCCCCC1(CCCCCCCC)c2cc(Br)ccc2-c2ccc(Br)cc21. The Labute approximate surface area is 755 Å². The molecule has 122 heavy (non-hydrogen) atoms. The van der Waals surface area contributed by atoms with Gasteiger partial charge in [0.25, 0.3) is 0 Å². The van der Waals surface area contributed by atoms with E-state index < -0.39 is 36.6 Å². The van der Waals surface area contributed by atoms with Gasteiger partial charge >= 0.3 is 28.5 Å². The monoisotopic (exact) mass is 1770 g/mol. The van der Waals surface area contributed by atoms with Crippen molar-refractivity contribution in [3.05, 3.63) is 228 Å². The zero-order chi connectivity index (χ0) is 87.2. The highest BCUT2D eigenvalue weighted by Gasteiger charge is 2.56. The first-order valence-electron chi connectivity index (χ1n) is 47.5. The van der Waals surface area contributed by atoms with Crippen LogP contribution in [0.2, 0.25) is 0 Å². The number of benzene rings is 8. The van der Waals surface area contributed by atoms with Crippen molar-refractivity contribution in [2.45, 2.75) is 381 Å². The summed E-state index contributed by atoms with van der Waals surface area (Å²) in [7, 11) is -1.56. The molecule has 0 radical (unpaired) electrons. The summed E-state index contributed by atoms with van der Waals surface area (Å²) < 4.78 is 54.5. The molecule has 0 saturated carbocycles. The van der Waals surface area contributed by atoms with Gasteiger partial charge in [0.15, 0.2) is 0 Å². The number of anilines is 3. The van der Waals surface area contributed by atoms with E-state index in [-0.39, 0.29) is 42.1 Å². The van der Waals surface area contributed by atoms with Crippen molar-refractivity contribution >= 4 is 99.2 Å². The average molecular weight is 1780 g/mol. The molecule has 4 saturated heterocycles. The molecule has 652 valence electrons. The smallest absolute Gasteiger partial charge is 0.399 e. The molecule has 8 aromatic rings. The van der Waals surface area contributed by atoms with Crippen LogP contribution in [0.5, 0.6) is 0 Å². The first-order chi connectivity index (χ1) is 58.0. The fourth-order valence-corrected chi connectivity index (χ4v) is 19.4. The molecule has 8 aromatic carbocycles. The lowest BCUT2D eigenvalue weighted by molar-refractivity contribution is 0.00578. The predicted octanol–water partition coefficient (Wildman–Crippen LogP) is 26.6. The predicted molar refractivity (Wildman–Crippen MR) is 523 cm³/mol. The van der Waals surface area contributed by atoms with Gasteiger partial charge in [0.2, 0.25) is 0 Å². The Morgan fingerprint density at radius 3 is 0.959 bits per heavy atom.